The van der Waals surface area contributed by atoms with E-state index in [0.717, 1.165) is 29.0 Å². The van der Waals surface area contributed by atoms with Crippen molar-refractivity contribution in [1.82, 2.24) is 0 Å². The lowest BCUT2D eigenvalue weighted by Crippen LogP contribution is -2.07. The molecule has 3 nitrogen and oxygen atoms in total. The van der Waals surface area contributed by atoms with Gasteiger partial charge in [0.15, 0.2) is 0 Å². The maximum Gasteiger partial charge on any atom is 0.123 e. The van der Waals surface area contributed by atoms with Crippen LogP contribution in [0.4, 0.5) is 0 Å². The van der Waals surface area contributed by atoms with Crippen molar-refractivity contribution in [2.45, 2.75) is 12.3 Å². The number of rotatable bonds is 7. The van der Waals surface area contributed by atoms with E-state index in [9.17, 15) is 0 Å². The molecule has 0 aliphatic carbocycles. The van der Waals surface area contributed by atoms with E-state index in [1.807, 2.05) is 25.1 Å². The van der Waals surface area contributed by atoms with Crippen LogP contribution in [0.2, 0.25) is 0 Å². The van der Waals surface area contributed by atoms with Gasteiger partial charge >= 0.3 is 0 Å². The SMILES string of the molecule is CCOCCOc1ccc(OC)cc1CBr. The third-order valence-corrected chi connectivity index (χ3v) is 2.71. The summed E-state index contributed by atoms with van der Waals surface area (Å²) in [5.41, 5.74) is 1.08. The molecular formula is C12H17BrO3. The molecule has 90 valence electrons. The molecule has 0 atom stereocenters. The molecule has 0 saturated carbocycles. The van der Waals surface area contributed by atoms with Crippen LogP contribution in [0.3, 0.4) is 0 Å². The van der Waals surface area contributed by atoms with Crippen LogP contribution in [-0.4, -0.2) is 26.9 Å². The number of methoxy groups -OCH3 is 1. The van der Waals surface area contributed by atoms with Crippen molar-refractivity contribution >= 4 is 15.9 Å². The summed E-state index contributed by atoms with van der Waals surface area (Å²) in [5.74, 6) is 1.71. The smallest absolute Gasteiger partial charge is 0.123 e. The molecule has 0 amide bonds. The van der Waals surface area contributed by atoms with Crippen LogP contribution in [0.1, 0.15) is 12.5 Å². The third-order valence-electron chi connectivity index (χ3n) is 2.10. The normalized spacial score (nSPS) is 10.2. The largest absolute Gasteiger partial charge is 0.497 e. The van der Waals surface area contributed by atoms with Crippen molar-refractivity contribution in [3.63, 3.8) is 0 Å². The van der Waals surface area contributed by atoms with Gasteiger partial charge in [-0.3, -0.25) is 0 Å². The summed E-state index contributed by atoms with van der Waals surface area (Å²) in [7, 11) is 1.66. The van der Waals surface area contributed by atoms with Crippen LogP contribution in [0.5, 0.6) is 11.5 Å². The molecule has 0 saturated heterocycles. The van der Waals surface area contributed by atoms with Gasteiger partial charge in [0.05, 0.1) is 13.7 Å². The highest BCUT2D eigenvalue weighted by molar-refractivity contribution is 9.08. The molecule has 0 aliphatic rings. The van der Waals surface area contributed by atoms with Crippen molar-refractivity contribution in [3.05, 3.63) is 23.8 Å². The van der Waals surface area contributed by atoms with Gasteiger partial charge in [-0.15, -0.1) is 0 Å². The maximum atomic E-state index is 5.62. The standard InChI is InChI=1S/C12H17BrO3/c1-3-15-6-7-16-12-5-4-11(14-2)8-10(12)9-13/h4-5,8H,3,6-7,9H2,1-2H3. The quantitative estimate of drug-likeness (QED) is 0.570. The van der Waals surface area contributed by atoms with E-state index in [0.29, 0.717) is 13.2 Å². The number of halogens is 1. The van der Waals surface area contributed by atoms with E-state index in [-0.39, 0.29) is 0 Å². The van der Waals surface area contributed by atoms with Gasteiger partial charge in [0.25, 0.3) is 0 Å². The molecule has 0 unspecified atom stereocenters. The van der Waals surface area contributed by atoms with E-state index >= 15 is 0 Å². The second-order valence-corrected chi connectivity index (χ2v) is 3.71. The summed E-state index contributed by atoms with van der Waals surface area (Å²) in [6, 6.07) is 5.77. The van der Waals surface area contributed by atoms with Crippen molar-refractivity contribution in [3.8, 4) is 11.5 Å². The lowest BCUT2D eigenvalue weighted by Gasteiger charge is -2.11. The molecule has 1 aromatic carbocycles. The first-order valence-electron chi connectivity index (χ1n) is 5.25. The van der Waals surface area contributed by atoms with Gasteiger partial charge in [0, 0.05) is 17.5 Å². The van der Waals surface area contributed by atoms with E-state index in [4.69, 9.17) is 14.2 Å². The number of benzene rings is 1. The lowest BCUT2D eigenvalue weighted by molar-refractivity contribution is 0.110. The molecule has 0 radical (unpaired) electrons. The monoisotopic (exact) mass is 288 g/mol. The van der Waals surface area contributed by atoms with E-state index in [2.05, 4.69) is 15.9 Å². The van der Waals surface area contributed by atoms with Crippen LogP contribution in [-0.2, 0) is 10.1 Å². The van der Waals surface area contributed by atoms with Crippen LogP contribution < -0.4 is 9.47 Å². The molecule has 1 aromatic rings. The van der Waals surface area contributed by atoms with Crippen molar-refractivity contribution < 1.29 is 14.2 Å². The lowest BCUT2D eigenvalue weighted by atomic mass is 10.2. The fraction of sp³-hybridized carbons (Fsp3) is 0.500. The molecule has 0 aromatic heterocycles. The number of hydrogen-bond donors (Lipinski definition) is 0. The molecule has 4 heteroatoms. The Morgan fingerprint density at radius 1 is 1.25 bits per heavy atom. The second-order valence-electron chi connectivity index (χ2n) is 3.15. The minimum atomic E-state index is 0.570. The summed E-state index contributed by atoms with van der Waals surface area (Å²) in [6.07, 6.45) is 0. The number of alkyl halides is 1. The van der Waals surface area contributed by atoms with E-state index < -0.39 is 0 Å². The van der Waals surface area contributed by atoms with Crippen LogP contribution >= 0.6 is 15.9 Å². The second kappa shape index (κ2) is 7.52. The molecular weight excluding hydrogens is 272 g/mol. The van der Waals surface area contributed by atoms with E-state index in [1.54, 1.807) is 7.11 Å². The zero-order valence-corrected chi connectivity index (χ0v) is 11.2. The first-order chi connectivity index (χ1) is 7.81. The Morgan fingerprint density at radius 2 is 2.06 bits per heavy atom. The average molecular weight is 289 g/mol. The van der Waals surface area contributed by atoms with Crippen molar-refractivity contribution in [1.29, 1.82) is 0 Å². The molecule has 0 spiro atoms. The first kappa shape index (κ1) is 13.3. The zero-order chi connectivity index (χ0) is 11.8. The molecule has 0 fully saturated rings. The Bertz CT molecular complexity index is 315. The summed E-state index contributed by atoms with van der Waals surface area (Å²) >= 11 is 3.43. The first-order valence-corrected chi connectivity index (χ1v) is 6.37. The average Bonchev–Trinajstić information content (AvgIpc) is 2.34. The summed E-state index contributed by atoms with van der Waals surface area (Å²) in [4.78, 5) is 0. The summed E-state index contributed by atoms with van der Waals surface area (Å²) in [5, 5.41) is 0.744. The number of hydrogen-bond acceptors (Lipinski definition) is 3. The van der Waals surface area contributed by atoms with Gasteiger partial charge in [0.1, 0.15) is 18.1 Å². The highest BCUT2D eigenvalue weighted by atomic mass is 79.9. The fourth-order valence-electron chi connectivity index (χ4n) is 1.28. The van der Waals surface area contributed by atoms with Gasteiger partial charge in [0.2, 0.25) is 0 Å². The maximum absolute atomic E-state index is 5.62. The Morgan fingerprint density at radius 3 is 2.69 bits per heavy atom. The summed E-state index contributed by atoms with van der Waals surface area (Å²) < 4.78 is 16.0. The van der Waals surface area contributed by atoms with Crippen molar-refractivity contribution in [2.75, 3.05) is 26.9 Å². The Balaban J connectivity index is 2.57. The van der Waals surface area contributed by atoms with Crippen LogP contribution in [0.15, 0.2) is 18.2 Å². The molecule has 16 heavy (non-hydrogen) atoms. The minimum Gasteiger partial charge on any atom is -0.497 e. The minimum absolute atomic E-state index is 0.570. The zero-order valence-electron chi connectivity index (χ0n) is 9.66. The number of ether oxygens (including phenoxy) is 3. The van der Waals surface area contributed by atoms with Crippen LogP contribution in [0.25, 0.3) is 0 Å². The predicted octanol–water partition coefficient (Wildman–Crippen LogP) is 3.01. The molecule has 0 N–H and O–H groups in total. The topological polar surface area (TPSA) is 27.7 Å². The Labute approximate surface area is 105 Å². The Hall–Kier alpha value is -0.740. The van der Waals surface area contributed by atoms with Gasteiger partial charge in [-0.25, -0.2) is 0 Å². The van der Waals surface area contributed by atoms with Gasteiger partial charge in [-0.1, -0.05) is 15.9 Å². The van der Waals surface area contributed by atoms with Gasteiger partial charge in [-0.05, 0) is 25.1 Å². The molecule has 1 rings (SSSR count). The van der Waals surface area contributed by atoms with E-state index in [1.165, 1.54) is 0 Å². The molecule has 0 bridgehead atoms. The predicted molar refractivity (Wildman–Crippen MR) is 67.6 cm³/mol. The third kappa shape index (κ3) is 4.02. The summed E-state index contributed by atoms with van der Waals surface area (Å²) in [6.45, 7) is 3.87. The Kier molecular flexibility index (Phi) is 6.26. The molecule has 0 aliphatic heterocycles. The van der Waals surface area contributed by atoms with Gasteiger partial charge < -0.3 is 14.2 Å². The van der Waals surface area contributed by atoms with Gasteiger partial charge in [-0.2, -0.15) is 0 Å². The fourth-order valence-corrected chi connectivity index (χ4v) is 1.72. The highest BCUT2D eigenvalue weighted by Gasteiger charge is 2.04. The molecule has 0 heterocycles. The van der Waals surface area contributed by atoms with Crippen LogP contribution in [0, 0.1) is 0 Å². The highest BCUT2D eigenvalue weighted by Crippen LogP contribution is 2.26. The van der Waals surface area contributed by atoms with Crippen molar-refractivity contribution in [2.24, 2.45) is 0 Å².